The zero-order valence-electron chi connectivity index (χ0n) is 19.3. The summed E-state index contributed by atoms with van der Waals surface area (Å²) >= 11 is 0. The molecule has 0 aliphatic carbocycles. The molecular formula is C26H36NOP. The average molecular weight is 410 g/mol. The second-order valence-electron chi connectivity index (χ2n) is 9.45. The number of ether oxygens (including phenoxy) is 1. The largest absolute Gasteiger partial charge is 0.478 e. The molecule has 0 spiro atoms. The van der Waals surface area contributed by atoms with Crippen LogP contribution in [0.3, 0.4) is 0 Å². The van der Waals surface area contributed by atoms with Gasteiger partial charge in [-0.3, -0.25) is 0 Å². The molecule has 0 aromatic heterocycles. The van der Waals surface area contributed by atoms with Crippen LogP contribution in [-0.2, 0) is 4.74 Å². The number of hydrogen-bond donors (Lipinski definition) is 0. The highest BCUT2D eigenvalue weighted by Gasteiger charge is 2.43. The zero-order valence-corrected chi connectivity index (χ0v) is 20.2. The first-order chi connectivity index (χ1) is 13.6. The standard InChI is InChI=1S/C26H36NOP/c1-17(2)22-16-28-25(27-22)26(6,7)24(21-12-10-9-11-13-21)29(8)23-19(4)14-18(3)15-20(23)5/h9-15,17,22,24H,16H2,1-8H3/t22-,24+,29+/m1/s1. The number of aliphatic imine (C=N–C) groups is 1. The molecule has 3 atom stereocenters. The molecule has 0 amide bonds. The summed E-state index contributed by atoms with van der Waals surface area (Å²) in [4.78, 5) is 5.05. The van der Waals surface area contributed by atoms with Gasteiger partial charge in [0.25, 0.3) is 0 Å². The highest BCUT2D eigenvalue weighted by molar-refractivity contribution is 7.65. The lowest BCUT2D eigenvalue weighted by molar-refractivity contribution is 0.257. The maximum atomic E-state index is 6.22. The van der Waals surface area contributed by atoms with Crippen molar-refractivity contribution in [2.75, 3.05) is 13.3 Å². The Kier molecular flexibility index (Phi) is 6.54. The molecule has 2 aromatic rings. The minimum Gasteiger partial charge on any atom is -0.478 e. The van der Waals surface area contributed by atoms with Gasteiger partial charge in [0, 0.05) is 5.66 Å². The SMILES string of the molecule is Cc1cc(C)c([P@](C)[C@@H](c2ccccc2)C(C)(C)C2=N[C@@H](C(C)C)CO2)c(C)c1. The van der Waals surface area contributed by atoms with Gasteiger partial charge in [-0.1, -0.05) is 83.6 Å². The maximum absolute atomic E-state index is 6.22. The van der Waals surface area contributed by atoms with Gasteiger partial charge in [0.2, 0.25) is 0 Å². The van der Waals surface area contributed by atoms with Gasteiger partial charge in [-0.05, 0) is 55.3 Å². The van der Waals surface area contributed by atoms with Crippen molar-refractivity contribution in [2.45, 2.75) is 60.2 Å². The lowest BCUT2D eigenvalue weighted by atomic mass is 9.84. The smallest absolute Gasteiger partial charge is 0.190 e. The predicted octanol–water partition coefficient (Wildman–Crippen LogP) is 6.57. The van der Waals surface area contributed by atoms with Gasteiger partial charge in [-0.2, -0.15) is 0 Å². The molecule has 0 saturated carbocycles. The molecule has 0 fully saturated rings. The fourth-order valence-electron chi connectivity index (χ4n) is 4.82. The normalized spacial score (nSPS) is 19.1. The van der Waals surface area contributed by atoms with Crippen LogP contribution in [0.15, 0.2) is 47.5 Å². The third kappa shape index (κ3) is 4.43. The van der Waals surface area contributed by atoms with E-state index < -0.39 is 7.92 Å². The summed E-state index contributed by atoms with van der Waals surface area (Å²) < 4.78 is 6.22. The van der Waals surface area contributed by atoms with Crippen molar-refractivity contribution in [3.05, 3.63) is 64.7 Å². The van der Waals surface area contributed by atoms with Crippen molar-refractivity contribution in [2.24, 2.45) is 16.3 Å². The van der Waals surface area contributed by atoms with E-state index in [2.05, 4.69) is 97.6 Å². The lowest BCUT2D eigenvalue weighted by Gasteiger charge is -2.39. The van der Waals surface area contributed by atoms with E-state index in [-0.39, 0.29) is 11.5 Å². The highest BCUT2D eigenvalue weighted by atomic mass is 31.1. The van der Waals surface area contributed by atoms with Crippen LogP contribution < -0.4 is 5.30 Å². The van der Waals surface area contributed by atoms with Crippen LogP contribution in [-0.4, -0.2) is 25.2 Å². The van der Waals surface area contributed by atoms with Crippen LogP contribution in [0.1, 0.15) is 55.6 Å². The van der Waals surface area contributed by atoms with Crippen molar-refractivity contribution in [1.29, 1.82) is 0 Å². The monoisotopic (exact) mass is 409 g/mol. The van der Waals surface area contributed by atoms with Crippen LogP contribution >= 0.6 is 7.92 Å². The quantitative estimate of drug-likeness (QED) is 0.495. The van der Waals surface area contributed by atoms with Crippen LogP contribution in [0.5, 0.6) is 0 Å². The number of benzene rings is 2. The van der Waals surface area contributed by atoms with E-state index in [4.69, 9.17) is 9.73 Å². The second-order valence-corrected chi connectivity index (χ2v) is 11.6. The lowest BCUT2D eigenvalue weighted by Crippen LogP contribution is -2.33. The summed E-state index contributed by atoms with van der Waals surface area (Å²) in [6.07, 6.45) is 0. The van der Waals surface area contributed by atoms with Crippen LogP contribution in [0.4, 0.5) is 0 Å². The van der Waals surface area contributed by atoms with E-state index in [1.807, 2.05) is 0 Å². The molecule has 2 nitrogen and oxygen atoms in total. The van der Waals surface area contributed by atoms with Crippen LogP contribution in [0.25, 0.3) is 0 Å². The van der Waals surface area contributed by atoms with Crippen molar-refractivity contribution in [3.8, 4) is 0 Å². The van der Waals surface area contributed by atoms with E-state index in [0.717, 1.165) is 5.90 Å². The Morgan fingerprint density at radius 3 is 2.14 bits per heavy atom. The Labute approximate surface area is 178 Å². The van der Waals surface area contributed by atoms with Crippen LogP contribution in [0.2, 0.25) is 0 Å². The molecule has 3 rings (SSSR count). The van der Waals surface area contributed by atoms with Gasteiger partial charge >= 0.3 is 0 Å². The van der Waals surface area contributed by atoms with Gasteiger partial charge < -0.3 is 4.74 Å². The average Bonchev–Trinajstić information content (AvgIpc) is 3.13. The summed E-state index contributed by atoms with van der Waals surface area (Å²) in [6, 6.07) is 15.9. The predicted molar refractivity (Wildman–Crippen MR) is 128 cm³/mol. The number of aryl methyl sites for hydroxylation is 3. The fourth-order valence-corrected chi connectivity index (χ4v) is 8.02. The van der Waals surface area contributed by atoms with E-state index in [9.17, 15) is 0 Å². The van der Waals surface area contributed by atoms with E-state index >= 15 is 0 Å². The van der Waals surface area contributed by atoms with Gasteiger partial charge in [0.1, 0.15) is 6.61 Å². The van der Waals surface area contributed by atoms with Gasteiger partial charge in [0.05, 0.1) is 11.5 Å². The topological polar surface area (TPSA) is 21.6 Å². The van der Waals surface area contributed by atoms with Crippen molar-refractivity contribution in [1.82, 2.24) is 0 Å². The zero-order chi connectivity index (χ0) is 21.3. The molecule has 0 saturated heterocycles. The van der Waals surface area contributed by atoms with E-state index in [0.29, 0.717) is 18.2 Å². The molecule has 156 valence electrons. The maximum Gasteiger partial charge on any atom is 0.190 e. The number of nitrogens with zero attached hydrogens (tertiary/aromatic N) is 1. The molecule has 29 heavy (non-hydrogen) atoms. The Hall–Kier alpha value is -1.66. The summed E-state index contributed by atoms with van der Waals surface area (Å²) in [6.45, 7) is 19.0. The first kappa shape index (κ1) is 22.0. The first-order valence-electron chi connectivity index (χ1n) is 10.7. The molecular weight excluding hydrogens is 373 g/mol. The molecule has 1 aliphatic heterocycles. The van der Waals surface area contributed by atoms with Crippen molar-refractivity contribution in [3.63, 3.8) is 0 Å². The van der Waals surface area contributed by atoms with Gasteiger partial charge in [0.15, 0.2) is 5.90 Å². The van der Waals surface area contributed by atoms with Crippen LogP contribution in [0, 0.1) is 32.1 Å². The number of rotatable bonds is 6. The molecule has 1 heterocycles. The molecule has 0 N–H and O–H groups in total. The van der Waals surface area contributed by atoms with E-state index in [1.165, 1.54) is 27.6 Å². The summed E-state index contributed by atoms with van der Waals surface area (Å²) in [5, 5.41) is 1.52. The third-order valence-electron chi connectivity index (χ3n) is 6.17. The molecule has 0 unspecified atom stereocenters. The Morgan fingerprint density at radius 1 is 1.03 bits per heavy atom. The molecule has 3 heteroatoms. The van der Waals surface area contributed by atoms with E-state index in [1.54, 1.807) is 0 Å². The molecule has 0 radical (unpaired) electrons. The number of hydrogen-bond acceptors (Lipinski definition) is 2. The van der Waals surface area contributed by atoms with Gasteiger partial charge in [-0.25, -0.2) is 4.99 Å². The second kappa shape index (κ2) is 8.60. The van der Waals surface area contributed by atoms with Crippen molar-refractivity contribution < 1.29 is 4.74 Å². The summed E-state index contributed by atoms with van der Waals surface area (Å²) in [5.41, 5.74) is 5.69. The highest BCUT2D eigenvalue weighted by Crippen LogP contribution is 2.58. The van der Waals surface area contributed by atoms with Gasteiger partial charge in [-0.15, -0.1) is 0 Å². The molecule has 2 aromatic carbocycles. The Balaban J connectivity index is 2.10. The Bertz CT molecular complexity index is 862. The van der Waals surface area contributed by atoms with Crippen molar-refractivity contribution >= 4 is 19.1 Å². The summed E-state index contributed by atoms with van der Waals surface area (Å²) in [5.74, 6) is 1.44. The first-order valence-corrected chi connectivity index (χ1v) is 12.6. The summed E-state index contributed by atoms with van der Waals surface area (Å²) in [7, 11) is -0.464. The minimum atomic E-state index is -0.464. The Morgan fingerprint density at radius 2 is 1.62 bits per heavy atom. The minimum absolute atomic E-state index is 0.171. The molecule has 0 bridgehead atoms. The molecule has 1 aliphatic rings. The fraction of sp³-hybridized carbons (Fsp3) is 0.500. The third-order valence-corrected chi connectivity index (χ3v) is 9.30.